The fourth-order valence-corrected chi connectivity index (χ4v) is 2.04. The van der Waals surface area contributed by atoms with Crippen LogP contribution in [0.4, 0.5) is 13.2 Å². The minimum Gasteiger partial charge on any atom is -0.243 e. The molecule has 0 aliphatic carbocycles. The standard InChI is InChI=1S/C10H15F3N2S/c1-7(16(2,3)4)8-5-14-9(15-6-8)10(11,12)13/h5-7H,1-4H3. The van der Waals surface area contributed by atoms with E-state index in [1.54, 1.807) is 0 Å². The van der Waals surface area contributed by atoms with Gasteiger partial charge in [0.2, 0.25) is 5.82 Å². The average molecular weight is 252 g/mol. The van der Waals surface area contributed by atoms with E-state index in [4.69, 9.17) is 0 Å². The second-order valence-corrected chi connectivity index (χ2v) is 8.98. The van der Waals surface area contributed by atoms with Gasteiger partial charge in [-0.1, -0.05) is 6.92 Å². The van der Waals surface area contributed by atoms with Gasteiger partial charge in [0.25, 0.3) is 0 Å². The molecule has 1 atom stereocenters. The molecule has 0 bridgehead atoms. The molecule has 92 valence electrons. The summed E-state index contributed by atoms with van der Waals surface area (Å²) in [5.74, 6) is -1.08. The van der Waals surface area contributed by atoms with E-state index in [0.29, 0.717) is 0 Å². The molecule has 0 spiro atoms. The highest BCUT2D eigenvalue weighted by atomic mass is 32.3. The van der Waals surface area contributed by atoms with E-state index in [9.17, 15) is 13.2 Å². The molecular formula is C10H15F3N2S. The third-order valence-electron chi connectivity index (χ3n) is 2.46. The Morgan fingerprint density at radius 2 is 1.56 bits per heavy atom. The number of nitrogens with zero attached hydrogens (tertiary/aromatic N) is 2. The summed E-state index contributed by atoms with van der Waals surface area (Å²) in [6.07, 6.45) is 4.41. The van der Waals surface area contributed by atoms with Gasteiger partial charge < -0.3 is 0 Å². The highest BCUT2D eigenvalue weighted by molar-refractivity contribution is 8.32. The van der Waals surface area contributed by atoms with Crippen molar-refractivity contribution in [1.82, 2.24) is 9.97 Å². The largest absolute Gasteiger partial charge is 0.451 e. The van der Waals surface area contributed by atoms with E-state index < -0.39 is 22.0 Å². The van der Waals surface area contributed by atoms with Gasteiger partial charge in [0, 0.05) is 23.2 Å². The van der Waals surface area contributed by atoms with Crippen LogP contribution in [0.25, 0.3) is 0 Å². The lowest BCUT2D eigenvalue weighted by molar-refractivity contribution is -0.145. The van der Waals surface area contributed by atoms with Crippen LogP contribution in [0.3, 0.4) is 0 Å². The summed E-state index contributed by atoms with van der Waals surface area (Å²) in [6, 6.07) is 0. The molecule has 2 nitrogen and oxygen atoms in total. The SMILES string of the molecule is CC(c1cnc(C(F)(F)F)nc1)S(C)(C)C. The minimum atomic E-state index is -4.46. The summed E-state index contributed by atoms with van der Waals surface area (Å²) in [5, 5.41) is 0.190. The molecule has 16 heavy (non-hydrogen) atoms. The first kappa shape index (κ1) is 13.3. The van der Waals surface area contributed by atoms with Gasteiger partial charge in [-0.3, -0.25) is 0 Å². The Morgan fingerprint density at radius 1 is 1.12 bits per heavy atom. The maximum Gasteiger partial charge on any atom is 0.451 e. The Kier molecular flexibility index (Phi) is 3.52. The van der Waals surface area contributed by atoms with Crippen LogP contribution >= 0.6 is 10.0 Å². The van der Waals surface area contributed by atoms with Gasteiger partial charge in [0.1, 0.15) is 0 Å². The van der Waals surface area contributed by atoms with Crippen LogP contribution in [0.15, 0.2) is 12.4 Å². The third-order valence-corrected chi connectivity index (χ3v) is 4.85. The molecule has 0 aliphatic heterocycles. The van der Waals surface area contributed by atoms with E-state index in [-0.39, 0.29) is 5.25 Å². The molecule has 0 aromatic carbocycles. The Labute approximate surface area is 94.6 Å². The summed E-state index contributed by atoms with van der Waals surface area (Å²) < 4.78 is 36.7. The van der Waals surface area contributed by atoms with Crippen LogP contribution in [0.2, 0.25) is 0 Å². The number of hydrogen-bond donors (Lipinski definition) is 0. The zero-order valence-corrected chi connectivity index (χ0v) is 10.5. The van der Waals surface area contributed by atoms with Crippen LogP contribution in [0.5, 0.6) is 0 Å². The summed E-state index contributed by atoms with van der Waals surface area (Å²) in [6.45, 7) is 1.99. The Morgan fingerprint density at radius 3 is 1.88 bits per heavy atom. The Balaban J connectivity index is 2.96. The van der Waals surface area contributed by atoms with Crippen LogP contribution in [-0.2, 0) is 6.18 Å². The predicted octanol–water partition coefficient (Wildman–Crippen LogP) is 3.25. The summed E-state index contributed by atoms with van der Waals surface area (Å²) in [5.41, 5.74) is 0.760. The van der Waals surface area contributed by atoms with Crippen molar-refractivity contribution >= 4 is 10.0 Å². The second kappa shape index (κ2) is 4.24. The van der Waals surface area contributed by atoms with Gasteiger partial charge in [0.15, 0.2) is 0 Å². The number of hydrogen-bond acceptors (Lipinski definition) is 2. The van der Waals surface area contributed by atoms with Crippen LogP contribution in [0.1, 0.15) is 23.6 Å². The minimum absolute atomic E-state index is 0.190. The summed E-state index contributed by atoms with van der Waals surface area (Å²) in [4.78, 5) is 6.72. The lowest BCUT2D eigenvalue weighted by Gasteiger charge is -2.33. The lowest BCUT2D eigenvalue weighted by atomic mass is 10.2. The first-order valence-corrected chi connectivity index (χ1v) is 7.61. The molecule has 1 heterocycles. The maximum atomic E-state index is 12.2. The molecular weight excluding hydrogens is 237 g/mol. The van der Waals surface area contributed by atoms with Crippen molar-refractivity contribution in [2.45, 2.75) is 18.3 Å². The van der Waals surface area contributed by atoms with Crippen molar-refractivity contribution in [1.29, 1.82) is 0 Å². The monoisotopic (exact) mass is 252 g/mol. The van der Waals surface area contributed by atoms with Crippen molar-refractivity contribution < 1.29 is 13.2 Å². The molecule has 0 saturated carbocycles. The van der Waals surface area contributed by atoms with Gasteiger partial charge in [-0.05, 0) is 18.8 Å². The fourth-order valence-electron chi connectivity index (χ4n) is 1.10. The molecule has 0 saturated heterocycles. The summed E-state index contributed by atoms with van der Waals surface area (Å²) in [7, 11) is -0.865. The molecule has 6 heteroatoms. The topological polar surface area (TPSA) is 25.8 Å². The van der Waals surface area contributed by atoms with Crippen LogP contribution in [0, 0.1) is 0 Å². The van der Waals surface area contributed by atoms with Crippen molar-refractivity contribution in [3.05, 3.63) is 23.8 Å². The number of halogens is 3. The van der Waals surface area contributed by atoms with Gasteiger partial charge in [0.05, 0.1) is 0 Å². The Bertz CT molecular complexity index is 354. The molecule has 1 rings (SSSR count). The van der Waals surface area contributed by atoms with Gasteiger partial charge in [-0.2, -0.15) is 13.2 Å². The van der Waals surface area contributed by atoms with E-state index >= 15 is 0 Å². The fraction of sp³-hybridized carbons (Fsp3) is 0.600. The molecule has 0 fully saturated rings. The zero-order chi connectivity index (χ0) is 12.6. The van der Waals surface area contributed by atoms with E-state index in [2.05, 4.69) is 28.7 Å². The molecule has 0 aliphatic rings. The molecule has 1 aromatic rings. The molecule has 0 amide bonds. The molecule has 0 N–H and O–H groups in total. The number of alkyl halides is 3. The highest BCUT2D eigenvalue weighted by Gasteiger charge is 2.34. The van der Waals surface area contributed by atoms with E-state index in [0.717, 1.165) is 5.56 Å². The van der Waals surface area contributed by atoms with Crippen molar-refractivity contribution in [2.24, 2.45) is 0 Å². The van der Waals surface area contributed by atoms with Crippen molar-refractivity contribution in [3.8, 4) is 0 Å². The zero-order valence-electron chi connectivity index (χ0n) is 9.67. The smallest absolute Gasteiger partial charge is 0.243 e. The molecule has 1 aromatic heterocycles. The van der Waals surface area contributed by atoms with Gasteiger partial charge >= 0.3 is 6.18 Å². The summed E-state index contributed by atoms with van der Waals surface area (Å²) >= 11 is 0. The lowest BCUT2D eigenvalue weighted by Crippen LogP contribution is -2.12. The normalized spacial score (nSPS) is 15.9. The van der Waals surface area contributed by atoms with Crippen molar-refractivity contribution in [3.63, 3.8) is 0 Å². The first-order chi connectivity index (χ1) is 7.12. The van der Waals surface area contributed by atoms with E-state index in [1.807, 2.05) is 6.92 Å². The van der Waals surface area contributed by atoms with E-state index in [1.165, 1.54) is 12.4 Å². The van der Waals surface area contributed by atoms with Gasteiger partial charge in [-0.15, -0.1) is 0 Å². The van der Waals surface area contributed by atoms with Crippen LogP contribution < -0.4 is 0 Å². The predicted molar refractivity (Wildman–Crippen MR) is 60.8 cm³/mol. The van der Waals surface area contributed by atoms with Gasteiger partial charge in [-0.25, -0.2) is 20.0 Å². The quantitative estimate of drug-likeness (QED) is 0.807. The maximum absolute atomic E-state index is 12.2. The Hall–Kier alpha value is -0.780. The first-order valence-electron chi connectivity index (χ1n) is 4.68. The highest BCUT2D eigenvalue weighted by Crippen LogP contribution is 2.50. The molecule has 1 unspecified atom stereocenters. The number of aromatic nitrogens is 2. The second-order valence-electron chi connectivity index (χ2n) is 4.41. The van der Waals surface area contributed by atoms with Crippen LogP contribution in [-0.4, -0.2) is 28.7 Å². The van der Waals surface area contributed by atoms with Crippen molar-refractivity contribution in [2.75, 3.05) is 18.8 Å². The third kappa shape index (κ3) is 3.10. The molecule has 0 radical (unpaired) electrons. The average Bonchev–Trinajstić information content (AvgIpc) is 2.14. The number of rotatable bonds is 2.